The van der Waals surface area contributed by atoms with E-state index >= 15 is 0 Å². The van der Waals surface area contributed by atoms with Gasteiger partial charge in [-0.2, -0.15) is 5.10 Å². The summed E-state index contributed by atoms with van der Waals surface area (Å²) in [5.41, 5.74) is 2.12. The molecule has 0 aliphatic carbocycles. The van der Waals surface area contributed by atoms with E-state index < -0.39 is 0 Å². The Bertz CT molecular complexity index is 732. The average molecular weight is 284 g/mol. The second-order valence-corrected chi connectivity index (χ2v) is 4.95. The molecule has 0 unspecified atom stereocenters. The molecule has 0 saturated carbocycles. The molecule has 0 fully saturated rings. The highest BCUT2D eigenvalue weighted by Gasteiger charge is 2.21. The second-order valence-electron chi connectivity index (χ2n) is 4.20. The molecule has 0 saturated heterocycles. The van der Waals surface area contributed by atoms with Gasteiger partial charge in [-0.05, 0) is 36.2 Å². The number of rotatable bonds is 4. The van der Waals surface area contributed by atoms with Crippen molar-refractivity contribution in [3.05, 3.63) is 58.9 Å². The van der Waals surface area contributed by atoms with E-state index in [1.807, 2.05) is 37.3 Å². The largest absolute Gasteiger partial charge is 0.286 e. The van der Waals surface area contributed by atoms with Crippen LogP contribution in [0.3, 0.4) is 0 Å². The molecule has 5 nitrogen and oxygen atoms in total. The van der Waals surface area contributed by atoms with Crippen molar-refractivity contribution in [3.63, 3.8) is 0 Å². The summed E-state index contributed by atoms with van der Waals surface area (Å²) in [5.74, 6) is -0.0850. The summed E-state index contributed by atoms with van der Waals surface area (Å²) in [6.07, 6.45) is 2.32. The van der Waals surface area contributed by atoms with Crippen molar-refractivity contribution in [2.75, 3.05) is 0 Å². The molecule has 0 amide bonds. The molecule has 0 radical (unpaired) electrons. The Morgan fingerprint density at radius 1 is 1.25 bits per heavy atom. The number of carbonyl (C=O) groups excluding carboxylic acids is 1. The predicted molar refractivity (Wildman–Crippen MR) is 76.3 cm³/mol. The molecule has 3 rings (SSSR count). The maximum atomic E-state index is 12.6. The quantitative estimate of drug-likeness (QED) is 0.691. The maximum absolute atomic E-state index is 12.6. The topological polar surface area (TPSA) is 60.7 Å². The number of nitrogens with zero attached hydrogens (tertiary/aromatic N) is 4. The SMILES string of the molecule is CCc1nnsc1C(=O)c1ccnn1-c1ccccc1. The highest BCUT2D eigenvalue weighted by atomic mass is 32.1. The number of aryl methyl sites for hydroxylation is 1. The zero-order valence-electron chi connectivity index (χ0n) is 10.9. The molecule has 0 spiro atoms. The van der Waals surface area contributed by atoms with Crippen LogP contribution in [0.1, 0.15) is 28.0 Å². The van der Waals surface area contributed by atoms with Gasteiger partial charge in [-0.15, -0.1) is 5.10 Å². The number of hydrogen-bond donors (Lipinski definition) is 0. The molecule has 0 atom stereocenters. The van der Waals surface area contributed by atoms with Gasteiger partial charge < -0.3 is 0 Å². The Balaban J connectivity index is 2.04. The van der Waals surface area contributed by atoms with Crippen molar-refractivity contribution in [2.45, 2.75) is 13.3 Å². The lowest BCUT2D eigenvalue weighted by molar-refractivity contribution is 0.103. The first-order valence-electron chi connectivity index (χ1n) is 6.26. The minimum Gasteiger partial charge on any atom is -0.286 e. The van der Waals surface area contributed by atoms with Crippen molar-refractivity contribution in [3.8, 4) is 5.69 Å². The van der Waals surface area contributed by atoms with Gasteiger partial charge in [0.15, 0.2) is 0 Å². The van der Waals surface area contributed by atoms with Gasteiger partial charge in [0, 0.05) is 0 Å². The van der Waals surface area contributed by atoms with Crippen LogP contribution >= 0.6 is 11.5 Å². The van der Waals surface area contributed by atoms with Crippen LogP contribution in [-0.2, 0) is 6.42 Å². The molecule has 0 bridgehead atoms. The summed E-state index contributed by atoms with van der Waals surface area (Å²) in [7, 11) is 0. The van der Waals surface area contributed by atoms with Gasteiger partial charge in [-0.3, -0.25) is 4.79 Å². The van der Waals surface area contributed by atoms with Crippen molar-refractivity contribution in [2.24, 2.45) is 0 Å². The minimum atomic E-state index is -0.0850. The first-order valence-corrected chi connectivity index (χ1v) is 7.04. The minimum absolute atomic E-state index is 0.0850. The van der Waals surface area contributed by atoms with Crippen LogP contribution in [0.4, 0.5) is 0 Å². The number of benzene rings is 1. The third-order valence-electron chi connectivity index (χ3n) is 2.97. The summed E-state index contributed by atoms with van der Waals surface area (Å²) in [6, 6.07) is 11.3. The van der Waals surface area contributed by atoms with E-state index in [0.717, 1.165) is 22.9 Å². The lowest BCUT2D eigenvalue weighted by Crippen LogP contribution is -2.10. The molecular formula is C14H12N4OS. The van der Waals surface area contributed by atoms with Crippen LogP contribution in [0, 0.1) is 0 Å². The van der Waals surface area contributed by atoms with E-state index in [1.165, 1.54) is 0 Å². The van der Waals surface area contributed by atoms with Crippen LogP contribution in [0.15, 0.2) is 42.6 Å². The average Bonchev–Trinajstić information content (AvgIpc) is 3.16. The normalized spacial score (nSPS) is 10.7. The zero-order chi connectivity index (χ0) is 13.9. The summed E-state index contributed by atoms with van der Waals surface area (Å²) >= 11 is 1.13. The Morgan fingerprint density at radius 3 is 2.80 bits per heavy atom. The first kappa shape index (κ1) is 12.7. The molecular weight excluding hydrogens is 272 g/mol. The van der Waals surface area contributed by atoms with Gasteiger partial charge in [0.1, 0.15) is 10.6 Å². The van der Waals surface area contributed by atoms with Gasteiger partial charge >= 0.3 is 0 Å². The maximum Gasteiger partial charge on any atom is 0.224 e. The van der Waals surface area contributed by atoms with Crippen molar-refractivity contribution in [1.82, 2.24) is 19.4 Å². The number of para-hydroxylation sites is 1. The van der Waals surface area contributed by atoms with E-state index in [0.29, 0.717) is 17.0 Å². The van der Waals surface area contributed by atoms with Gasteiger partial charge in [0.25, 0.3) is 0 Å². The molecule has 0 aliphatic heterocycles. The Labute approximate surface area is 120 Å². The van der Waals surface area contributed by atoms with Crippen LogP contribution in [0.25, 0.3) is 5.69 Å². The van der Waals surface area contributed by atoms with Crippen LogP contribution in [0.5, 0.6) is 0 Å². The van der Waals surface area contributed by atoms with Gasteiger partial charge in [-0.25, -0.2) is 4.68 Å². The standard InChI is InChI=1S/C14H12N4OS/c1-2-11-14(20-17-16-11)13(19)12-8-9-15-18(12)10-6-4-3-5-7-10/h3-9H,2H2,1H3. The van der Waals surface area contributed by atoms with Crippen molar-refractivity contribution in [1.29, 1.82) is 0 Å². The van der Waals surface area contributed by atoms with Crippen molar-refractivity contribution < 1.29 is 4.79 Å². The van der Waals surface area contributed by atoms with Crippen LogP contribution in [0.2, 0.25) is 0 Å². The fourth-order valence-corrected chi connectivity index (χ4v) is 2.68. The molecule has 0 N–H and O–H groups in total. The smallest absolute Gasteiger partial charge is 0.224 e. The van der Waals surface area contributed by atoms with E-state index in [1.54, 1.807) is 16.9 Å². The third-order valence-corrected chi connectivity index (χ3v) is 3.74. The van der Waals surface area contributed by atoms with Crippen molar-refractivity contribution >= 4 is 17.3 Å². The monoisotopic (exact) mass is 284 g/mol. The summed E-state index contributed by atoms with van der Waals surface area (Å²) in [6.45, 7) is 1.96. The third kappa shape index (κ3) is 2.14. The van der Waals surface area contributed by atoms with Gasteiger partial charge in [0.05, 0.1) is 17.6 Å². The summed E-state index contributed by atoms with van der Waals surface area (Å²) in [5, 5.41) is 8.22. The molecule has 100 valence electrons. The number of hydrogen-bond acceptors (Lipinski definition) is 5. The fourth-order valence-electron chi connectivity index (χ4n) is 1.98. The summed E-state index contributed by atoms with van der Waals surface area (Å²) < 4.78 is 5.51. The molecule has 20 heavy (non-hydrogen) atoms. The molecule has 3 aromatic rings. The summed E-state index contributed by atoms with van der Waals surface area (Å²) in [4.78, 5) is 13.2. The van der Waals surface area contributed by atoms with E-state index in [-0.39, 0.29) is 5.78 Å². The van der Waals surface area contributed by atoms with E-state index in [4.69, 9.17) is 0 Å². The Morgan fingerprint density at radius 2 is 2.05 bits per heavy atom. The van der Waals surface area contributed by atoms with E-state index in [9.17, 15) is 4.79 Å². The van der Waals surface area contributed by atoms with Crippen LogP contribution < -0.4 is 0 Å². The zero-order valence-corrected chi connectivity index (χ0v) is 11.7. The Hall–Kier alpha value is -2.34. The lowest BCUT2D eigenvalue weighted by atomic mass is 10.2. The highest BCUT2D eigenvalue weighted by Crippen LogP contribution is 2.19. The Kier molecular flexibility index (Phi) is 3.39. The van der Waals surface area contributed by atoms with E-state index in [2.05, 4.69) is 14.7 Å². The second kappa shape index (κ2) is 5.34. The number of aromatic nitrogens is 4. The molecule has 2 aromatic heterocycles. The molecule has 0 aliphatic rings. The van der Waals surface area contributed by atoms with Crippen LogP contribution in [-0.4, -0.2) is 25.2 Å². The molecule has 1 aromatic carbocycles. The predicted octanol–water partition coefficient (Wildman–Crippen LogP) is 2.52. The fraction of sp³-hybridized carbons (Fsp3) is 0.143. The van der Waals surface area contributed by atoms with Gasteiger partial charge in [-0.1, -0.05) is 29.6 Å². The first-order chi connectivity index (χ1) is 9.81. The lowest BCUT2D eigenvalue weighted by Gasteiger charge is -2.05. The highest BCUT2D eigenvalue weighted by molar-refractivity contribution is 7.08. The number of carbonyl (C=O) groups is 1. The van der Waals surface area contributed by atoms with Gasteiger partial charge in [0.2, 0.25) is 5.78 Å². The number of ketones is 1. The molecule has 6 heteroatoms. The molecule has 2 heterocycles.